The molecule has 1 aliphatic rings. The molecule has 0 amide bonds. The van der Waals surface area contributed by atoms with E-state index in [1.165, 1.54) is 18.3 Å². The minimum Gasteiger partial charge on any atom is -0.489 e. The number of thiophene rings is 1. The van der Waals surface area contributed by atoms with Gasteiger partial charge in [0.1, 0.15) is 34.5 Å². The maximum absolute atomic E-state index is 13.0. The van der Waals surface area contributed by atoms with E-state index in [9.17, 15) is 14.4 Å². The van der Waals surface area contributed by atoms with E-state index in [0.29, 0.717) is 38.5 Å². The Bertz CT molecular complexity index is 1210. The van der Waals surface area contributed by atoms with Crippen LogP contribution in [0.2, 0.25) is 0 Å². The number of ketones is 1. The molecule has 0 saturated heterocycles. The van der Waals surface area contributed by atoms with Crippen LogP contribution in [0.3, 0.4) is 0 Å². The van der Waals surface area contributed by atoms with Crippen molar-refractivity contribution in [2.75, 3.05) is 13.2 Å². The highest BCUT2D eigenvalue weighted by atomic mass is 32.1. The summed E-state index contributed by atoms with van der Waals surface area (Å²) < 4.78 is 12.7. The van der Waals surface area contributed by atoms with Gasteiger partial charge in [-0.3, -0.25) is 14.2 Å². The van der Waals surface area contributed by atoms with Crippen LogP contribution in [-0.2, 0) is 17.7 Å². The number of nitrogens with zero attached hydrogens (tertiary/aromatic N) is 2. The number of carbonyl (C=O) groups is 2. The highest BCUT2D eigenvalue weighted by Gasteiger charge is 2.23. The lowest BCUT2D eigenvalue weighted by atomic mass is 10.1. The van der Waals surface area contributed by atoms with Gasteiger partial charge in [0.25, 0.3) is 5.56 Å². The molecule has 0 saturated carbocycles. The lowest BCUT2D eigenvalue weighted by Crippen LogP contribution is -2.24. The van der Waals surface area contributed by atoms with Gasteiger partial charge in [-0.15, -0.1) is 11.3 Å². The van der Waals surface area contributed by atoms with Gasteiger partial charge in [-0.2, -0.15) is 0 Å². The van der Waals surface area contributed by atoms with Crippen LogP contribution in [0.5, 0.6) is 5.75 Å². The third kappa shape index (κ3) is 4.25. The Morgan fingerprint density at radius 2 is 1.97 bits per heavy atom. The fraction of sp³-hybridized carbons (Fsp3) is 0.391. The van der Waals surface area contributed by atoms with Gasteiger partial charge in [0, 0.05) is 13.0 Å². The van der Waals surface area contributed by atoms with Gasteiger partial charge in [0.2, 0.25) is 0 Å². The van der Waals surface area contributed by atoms with Gasteiger partial charge >= 0.3 is 5.97 Å². The molecule has 0 bridgehead atoms. The second-order valence-corrected chi connectivity index (χ2v) is 8.57. The maximum Gasteiger partial charge on any atom is 0.348 e. The number of hydrogen-bond donors (Lipinski definition) is 0. The van der Waals surface area contributed by atoms with Gasteiger partial charge in [-0.05, 0) is 44.4 Å². The topological polar surface area (TPSA) is 87.5 Å². The van der Waals surface area contributed by atoms with Crippen molar-refractivity contribution in [3.8, 4) is 5.75 Å². The second-order valence-electron chi connectivity index (χ2n) is 7.57. The number of aryl methyl sites for hydroxylation is 2. The molecule has 2 aromatic heterocycles. The highest BCUT2D eigenvalue weighted by molar-refractivity contribution is 7.20. The summed E-state index contributed by atoms with van der Waals surface area (Å²) in [6.07, 6.45) is 3.85. The number of esters is 1. The molecule has 0 spiro atoms. The SMILES string of the molecule is CC(=O)c1ccccc1OCCOC(=O)c1sc2nc3n(c(=O)c2c1C)CCCCC3. The number of rotatable bonds is 6. The number of benzene rings is 1. The third-order valence-electron chi connectivity index (χ3n) is 5.44. The van der Waals surface area contributed by atoms with Crippen LogP contribution in [0.4, 0.5) is 0 Å². The minimum atomic E-state index is -0.497. The van der Waals surface area contributed by atoms with Crippen molar-refractivity contribution in [1.82, 2.24) is 9.55 Å². The number of fused-ring (bicyclic) bond motifs is 2. The molecule has 1 aliphatic heterocycles. The Hall–Kier alpha value is -3.00. The summed E-state index contributed by atoms with van der Waals surface area (Å²) in [5.41, 5.74) is 1.03. The van der Waals surface area contributed by atoms with Crippen LogP contribution in [0.1, 0.15) is 57.6 Å². The first kappa shape index (κ1) is 21.2. The van der Waals surface area contributed by atoms with Gasteiger partial charge in [-0.1, -0.05) is 18.6 Å². The summed E-state index contributed by atoms with van der Waals surface area (Å²) in [7, 11) is 0. The number of aromatic nitrogens is 2. The first-order valence-electron chi connectivity index (χ1n) is 10.4. The summed E-state index contributed by atoms with van der Waals surface area (Å²) in [6.45, 7) is 4.06. The average molecular weight is 441 g/mol. The Labute approximate surface area is 183 Å². The molecule has 0 unspecified atom stereocenters. The number of hydrogen-bond acceptors (Lipinski definition) is 7. The Morgan fingerprint density at radius 3 is 2.77 bits per heavy atom. The van der Waals surface area contributed by atoms with Crippen LogP contribution >= 0.6 is 11.3 Å². The van der Waals surface area contributed by atoms with Crippen molar-refractivity contribution in [2.24, 2.45) is 0 Å². The lowest BCUT2D eigenvalue weighted by molar-refractivity contribution is 0.0454. The van der Waals surface area contributed by atoms with Crippen molar-refractivity contribution < 1.29 is 19.1 Å². The summed E-state index contributed by atoms with van der Waals surface area (Å²) in [4.78, 5) is 43.0. The van der Waals surface area contributed by atoms with E-state index in [2.05, 4.69) is 4.98 Å². The van der Waals surface area contributed by atoms with Gasteiger partial charge < -0.3 is 9.47 Å². The molecule has 4 rings (SSSR count). The minimum absolute atomic E-state index is 0.0294. The molecule has 0 radical (unpaired) electrons. The molecule has 3 heterocycles. The molecular weight excluding hydrogens is 416 g/mol. The molecule has 8 heteroatoms. The number of para-hydroxylation sites is 1. The molecular formula is C23H24N2O5S. The van der Waals surface area contributed by atoms with Crippen molar-refractivity contribution >= 4 is 33.3 Å². The zero-order chi connectivity index (χ0) is 22.0. The largest absolute Gasteiger partial charge is 0.489 e. The van der Waals surface area contributed by atoms with Gasteiger partial charge in [0.15, 0.2) is 5.78 Å². The monoisotopic (exact) mass is 440 g/mol. The van der Waals surface area contributed by atoms with Crippen LogP contribution in [0.15, 0.2) is 29.1 Å². The van der Waals surface area contributed by atoms with E-state index in [-0.39, 0.29) is 24.6 Å². The molecule has 31 heavy (non-hydrogen) atoms. The summed E-state index contributed by atoms with van der Waals surface area (Å²) in [5.74, 6) is 0.672. The van der Waals surface area contributed by atoms with E-state index in [0.717, 1.165) is 31.5 Å². The van der Waals surface area contributed by atoms with E-state index >= 15 is 0 Å². The van der Waals surface area contributed by atoms with Crippen molar-refractivity contribution in [3.63, 3.8) is 0 Å². The smallest absolute Gasteiger partial charge is 0.348 e. The highest BCUT2D eigenvalue weighted by Crippen LogP contribution is 2.29. The summed E-state index contributed by atoms with van der Waals surface area (Å²) in [5, 5.41) is 0.509. The third-order valence-corrected chi connectivity index (χ3v) is 6.60. The Balaban J connectivity index is 1.47. The van der Waals surface area contributed by atoms with Crippen LogP contribution in [0.25, 0.3) is 10.2 Å². The predicted octanol–water partition coefficient (Wildman–Crippen LogP) is 3.93. The van der Waals surface area contributed by atoms with Crippen molar-refractivity contribution in [3.05, 3.63) is 56.4 Å². The fourth-order valence-electron chi connectivity index (χ4n) is 3.84. The zero-order valence-electron chi connectivity index (χ0n) is 17.6. The number of Topliss-reactive ketones (excluding diaryl/α,β-unsaturated/α-hetero) is 1. The zero-order valence-corrected chi connectivity index (χ0v) is 18.4. The second kappa shape index (κ2) is 9.01. The molecule has 0 fully saturated rings. The lowest BCUT2D eigenvalue weighted by Gasteiger charge is -2.10. The van der Waals surface area contributed by atoms with E-state index in [1.807, 2.05) is 0 Å². The summed E-state index contributed by atoms with van der Waals surface area (Å²) in [6, 6.07) is 6.95. The molecule has 162 valence electrons. The van der Waals surface area contributed by atoms with Crippen LogP contribution < -0.4 is 10.3 Å². The Morgan fingerprint density at radius 1 is 1.16 bits per heavy atom. The van der Waals surface area contributed by atoms with Gasteiger partial charge in [0.05, 0.1) is 10.9 Å². The quantitative estimate of drug-likeness (QED) is 0.328. The standard InChI is InChI=1S/C23H24N2O5S/c1-14-19-21(24-18-10-4-3-7-11-25(18)22(19)27)31-20(14)23(28)30-13-12-29-17-9-6-5-8-16(17)15(2)26/h5-6,8-9H,3-4,7,10-13H2,1-2H3. The molecule has 0 N–H and O–H groups in total. The molecule has 0 atom stereocenters. The van der Waals surface area contributed by atoms with E-state index < -0.39 is 5.97 Å². The first-order valence-corrected chi connectivity index (χ1v) is 11.2. The van der Waals surface area contributed by atoms with Crippen molar-refractivity contribution in [2.45, 2.75) is 46.1 Å². The summed E-state index contributed by atoms with van der Waals surface area (Å²) >= 11 is 1.20. The fourth-order valence-corrected chi connectivity index (χ4v) is 4.92. The number of carbonyl (C=O) groups excluding carboxylic acids is 2. The predicted molar refractivity (Wildman–Crippen MR) is 118 cm³/mol. The van der Waals surface area contributed by atoms with E-state index in [4.69, 9.17) is 9.47 Å². The number of ether oxygens (including phenoxy) is 2. The van der Waals surface area contributed by atoms with Crippen LogP contribution in [-0.4, -0.2) is 34.5 Å². The first-order chi connectivity index (χ1) is 15.0. The molecule has 1 aromatic carbocycles. The Kier molecular flexibility index (Phi) is 6.18. The maximum atomic E-state index is 13.0. The van der Waals surface area contributed by atoms with Crippen molar-refractivity contribution in [1.29, 1.82) is 0 Å². The molecule has 7 nitrogen and oxygen atoms in total. The average Bonchev–Trinajstić information content (AvgIpc) is 2.92. The molecule has 3 aromatic rings. The normalized spacial score (nSPS) is 13.5. The van der Waals surface area contributed by atoms with Crippen LogP contribution in [0, 0.1) is 6.92 Å². The molecule has 0 aliphatic carbocycles. The van der Waals surface area contributed by atoms with Gasteiger partial charge in [-0.25, -0.2) is 9.78 Å². The van der Waals surface area contributed by atoms with E-state index in [1.54, 1.807) is 35.8 Å².